The van der Waals surface area contributed by atoms with Gasteiger partial charge >= 0.3 is 53.6 Å². The van der Waals surface area contributed by atoms with Crippen LogP contribution >= 0.6 is 0 Å². The van der Waals surface area contributed by atoms with Crippen LogP contribution in [0, 0.1) is 6.92 Å². The van der Waals surface area contributed by atoms with E-state index in [1.165, 1.54) is 12.1 Å². The van der Waals surface area contributed by atoms with Crippen LogP contribution in [0.5, 0.6) is 0 Å². The summed E-state index contributed by atoms with van der Waals surface area (Å²) in [6, 6.07) is 23.4. The van der Waals surface area contributed by atoms with E-state index in [-0.39, 0.29) is 4.90 Å². The second kappa shape index (κ2) is 18.9. The number of hydrogen-bond donors (Lipinski definition) is 0. The molecule has 0 amide bonds. The SMILES string of the molecule is Cc1ccc(S(=O)(=O)[O-])cc1.[O]=[Cr](=[O])([O-])[O][Cr](=[O])(=[O])[O-].c1cc[nH+]cc1.c1cc[nH+]cc1.c1cc[nH+]cc1. The summed E-state index contributed by atoms with van der Waals surface area (Å²) in [4.78, 5) is 8.50. The van der Waals surface area contributed by atoms with Crippen LogP contribution in [0.3, 0.4) is 0 Å². The molecule has 3 N–H and O–H groups in total. The first-order valence-corrected chi connectivity index (χ1v) is 15.7. The molecule has 0 saturated carbocycles. The average molecular weight is 628 g/mol. The van der Waals surface area contributed by atoms with Gasteiger partial charge in [0.05, 0.1) is 4.90 Å². The fourth-order valence-electron chi connectivity index (χ4n) is 1.83. The predicted molar refractivity (Wildman–Crippen MR) is 112 cm³/mol. The topological polar surface area (TPSA) is 223 Å². The molecule has 3 heterocycles. The Morgan fingerprint density at radius 3 is 1.03 bits per heavy atom. The van der Waals surface area contributed by atoms with Crippen LogP contribution < -0.4 is 23.3 Å². The molecule has 4 rings (SSSR count). The van der Waals surface area contributed by atoms with E-state index in [0.29, 0.717) is 0 Å². The molecule has 13 nitrogen and oxygen atoms in total. The van der Waals surface area contributed by atoms with Crippen molar-refractivity contribution in [2.24, 2.45) is 0 Å². The molecule has 0 radical (unpaired) electrons. The fourth-order valence-corrected chi connectivity index (χ4v) is 3.94. The summed E-state index contributed by atoms with van der Waals surface area (Å²) in [5, 5.41) is 0. The Morgan fingerprint density at radius 2 is 0.895 bits per heavy atom. The van der Waals surface area contributed by atoms with Gasteiger partial charge in [-0.05, 0) is 19.1 Å². The fraction of sp³-hybridized carbons (Fsp3) is 0.0455. The summed E-state index contributed by atoms with van der Waals surface area (Å²) in [6.07, 6.45) is 11.2. The van der Waals surface area contributed by atoms with Crippen molar-refractivity contribution in [3.8, 4) is 0 Å². The van der Waals surface area contributed by atoms with Gasteiger partial charge in [-0.2, -0.15) is 0 Å². The van der Waals surface area contributed by atoms with Crippen molar-refractivity contribution >= 4 is 10.1 Å². The Labute approximate surface area is 224 Å². The number of benzene rings is 1. The smallest absolute Gasteiger partial charge is 0.166 e. The van der Waals surface area contributed by atoms with E-state index in [1.54, 1.807) is 12.1 Å². The molecule has 16 heteroatoms. The van der Waals surface area contributed by atoms with Crippen LogP contribution in [0.1, 0.15) is 5.56 Å². The number of H-pyrrole nitrogens is 3. The van der Waals surface area contributed by atoms with E-state index in [2.05, 4.69) is 17.8 Å². The minimum atomic E-state index is -6.07. The van der Waals surface area contributed by atoms with Gasteiger partial charge in [0.2, 0.25) is 0 Å². The van der Waals surface area contributed by atoms with E-state index in [4.69, 9.17) is 0 Å². The second-order valence-corrected chi connectivity index (χ2v) is 11.4. The van der Waals surface area contributed by atoms with Gasteiger partial charge in [-0.15, -0.1) is 0 Å². The first kappa shape index (κ1) is 34.7. The number of aryl methyl sites for hydroxylation is 1. The Hall–Kier alpha value is -3.28. The molecule has 0 unspecified atom stereocenters. The number of hydrogen-bond acceptors (Lipinski definition) is 10. The van der Waals surface area contributed by atoms with Gasteiger partial charge in [-0.3, -0.25) is 0 Å². The minimum Gasteiger partial charge on any atom is -0.218 e. The summed E-state index contributed by atoms with van der Waals surface area (Å²) in [7, 11) is -4.27. The molecular weight excluding hydrogens is 602 g/mol. The number of rotatable bonds is 3. The summed E-state index contributed by atoms with van der Waals surface area (Å²) in [5.74, 6) is 0. The standard InChI is InChI=1S/C7H8O3S.3C5H5N.2Cr.7O/c1-6-2-4-7(5-3-6)11(8,9)10;3*1-2-4-6-5-3-1;;;;;;;;;/h2-5H,1H3,(H,8,9,10);3*1-5H;;;;;;;;;/q;;;;;;;;;;;2*-1/p+2. The van der Waals surface area contributed by atoms with Gasteiger partial charge in [0.25, 0.3) is 0 Å². The summed E-state index contributed by atoms with van der Waals surface area (Å²) in [6.45, 7) is 1.82. The second-order valence-electron chi connectivity index (χ2n) is 6.38. The van der Waals surface area contributed by atoms with Crippen molar-refractivity contribution in [1.29, 1.82) is 0 Å². The zero-order valence-electron chi connectivity index (χ0n) is 19.8. The molecule has 0 aliphatic rings. The molecule has 3 aromatic heterocycles. The zero-order chi connectivity index (χ0) is 28.9. The van der Waals surface area contributed by atoms with Crippen LogP contribution in [0.25, 0.3) is 0 Å². The van der Waals surface area contributed by atoms with Gasteiger partial charge < -0.3 is 4.55 Å². The van der Waals surface area contributed by atoms with Crippen molar-refractivity contribution < 1.29 is 81.5 Å². The molecule has 0 atom stereocenters. The van der Waals surface area contributed by atoms with Gasteiger partial charge in [0, 0.05) is 36.4 Å². The molecule has 0 spiro atoms. The van der Waals surface area contributed by atoms with Crippen molar-refractivity contribution in [3.05, 3.63) is 122 Å². The van der Waals surface area contributed by atoms with Crippen molar-refractivity contribution in [2.75, 3.05) is 0 Å². The van der Waals surface area contributed by atoms with Crippen LogP contribution in [0.4, 0.5) is 0 Å². The largest absolute Gasteiger partial charge is 0.218 e. The van der Waals surface area contributed by atoms with Crippen LogP contribution in [0.15, 0.2) is 121 Å². The molecule has 0 bridgehead atoms. The van der Waals surface area contributed by atoms with E-state index >= 15 is 0 Å². The van der Waals surface area contributed by atoms with Crippen LogP contribution in [-0.4, -0.2) is 13.0 Å². The van der Waals surface area contributed by atoms with Gasteiger partial charge in [0.1, 0.15) is 10.1 Å². The Morgan fingerprint density at radius 1 is 0.605 bits per heavy atom. The molecule has 0 saturated heterocycles. The van der Waals surface area contributed by atoms with Crippen molar-refractivity contribution in [1.82, 2.24) is 0 Å². The quantitative estimate of drug-likeness (QED) is 0.264. The summed E-state index contributed by atoms with van der Waals surface area (Å²) >= 11 is -12.1. The molecule has 0 aliphatic carbocycles. The molecule has 38 heavy (non-hydrogen) atoms. The van der Waals surface area contributed by atoms with E-state index in [9.17, 15) is 36.5 Å². The molecule has 0 aliphatic heterocycles. The maximum absolute atomic E-state index is 10.4. The third kappa shape index (κ3) is 24.4. The van der Waals surface area contributed by atoms with Crippen LogP contribution in [-0.2, 0) is 55.4 Å². The van der Waals surface area contributed by atoms with Gasteiger partial charge in [-0.25, -0.2) is 23.4 Å². The Kier molecular flexibility index (Phi) is 17.3. The van der Waals surface area contributed by atoms with E-state index in [0.717, 1.165) is 5.56 Å². The summed E-state index contributed by atoms with van der Waals surface area (Å²) in [5.41, 5.74) is 0.928. The van der Waals surface area contributed by atoms with Crippen molar-refractivity contribution in [3.63, 3.8) is 0 Å². The zero-order valence-corrected chi connectivity index (χ0v) is 23.1. The Bertz CT molecular complexity index is 1260. The molecule has 206 valence electrons. The summed E-state index contributed by atoms with van der Waals surface area (Å²) < 4.78 is 90.1. The van der Waals surface area contributed by atoms with E-state index in [1.807, 2.05) is 98.7 Å². The molecular formula is C22H25Cr2N3O10S. The van der Waals surface area contributed by atoms with Gasteiger partial charge in [-0.1, -0.05) is 35.9 Å². The molecule has 0 fully saturated rings. The Balaban J connectivity index is 0.000000461. The number of pyridine rings is 3. The van der Waals surface area contributed by atoms with Crippen LogP contribution in [0.2, 0.25) is 0 Å². The number of aromatic nitrogens is 3. The maximum Gasteiger partial charge on any atom is 0.166 e. The third-order valence-corrected chi connectivity index (χ3v) is 6.81. The predicted octanol–water partition coefficient (Wildman–Crippen LogP) is -0.525. The normalized spacial score (nSPS) is 10.3. The number of aromatic amines is 3. The van der Waals surface area contributed by atoms with Gasteiger partial charge in [0.15, 0.2) is 37.2 Å². The third-order valence-electron chi connectivity index (χ3n) is 3.30. The molecule has 1 aromatic carbocycles. The average Bonchev–Trinajstić information content (AvgIpc) is 2.86. The first-order chi connectivity index (χ1) is 17.7. The molecule has 4 aromatic rings. The first-order valence-electron chi connectivity index (χ1n) is 10.1. The minimum absolute atomic E-state index is 0.178. The monoisotopic (exact) mass is 627 g/mol. The maximum atomic E-state index is 10.4. The number of nitrogens with one attached hydrogen (secondary N) is 3. The van der Waals surface area contributed by atoms with E-state index < -0.39 is 37.3 Å². The van der Waals surface area contributed by atoms with Crippen molar-refractivity contribution in [2.45, 2.75) is 11.8 Å².